The minimum absolute atomic E-state index is 0.200. The lowest BCUT2D eigenvalue weighted by Gasteiger charge is -2.10. The van der Waals surface area contributed by atoms with Gasteiger partial charge in [-0.2, -0.15) is 5.26 Å². The van der Waals surface area contributed by atoms with Crippen molar-refractivity contribution in [2.45, 2.75) is 13.8 Å². The molecule has 2 aromatic rings. The van der Waals surface area contributed by atoms with Gasteiger partial charge in [-0.15, -0.1) is 0 Å². The number of aryl methyl sites for hydroxylation is 1. The van der Waals surface area contributed by atoms with Crippen LogP contribution in [-0.4, -0.2) is 23.6 Å². The molecule has 0 aliphatic heterocycles. The number of imide groups is 1. The number of urea groups is 1. The van der Waals surface area contributed by atoms with Crippen LogP contribution in [0.4, 0.5) is 4.79 Å². The van der Waals surface area contributed by atoms with E-state index in [9.17, 15) is 9.59 Å². The molecule has 0 saturated heterocycles. The molecule has 0 radical (unpaired) electrons. The molecule has 25 heavy (non-hydrogen) atoms. The molecule has 3 N–H and O–H groups in total. The van der Waals surface area contributed by atoms with Crippen LogP contribution in [0.15, 0.2) is 35.9 Å². The van der Waals surface area contributed by atoms with Crippen molar-refractivity contribution in [3.63, 3.8) is 0 Å². The Hall–Kier alpha value is -3.53. The number of primary amides is 1. The van der Waals surface area contributed by atoms with E-state index in [0.29, 0.717) is 5.56 Å². The summed E-state index contributed by atoms with van der Waals surface area (Å²) < 4.78 is 7.15. The number of nitrogens with two attached hydrogens (primary N) is 1. The molecule has 0 aliphatic rings. The van der Waals surface area contributed by atoms with Crippen LogP contribution in [0.3, 0.4) is 0 Å². The number of nitrogens with one attached hydrogen (secondary N) is 1. The fourth-order valence-corrected chi connectivity index (χ4v) is 2.55. The molecule has 7 heteroatoms. The highest BCUT2D eigenvalue weighted by molar-refractivity contribution is 6.08. The van der Waals surface area contributed by atoms with Crippen LogP contribution in [0.2, 0.25) is 0 Å². The van der Waals surface area contributed by atoms with Gasteiger partial charge in [0, 0.05) is 17.1 Å². The van der Waals surface area contributed by atoms with E-state index in [-0.39, 0.29) is 5.57 Å². The van der Waals surface area contributed by atoms with Crippen molar-refractivity contribution in [2.75, 3.05) is 7.11 Å². The van der Waals surface area contributed by atoms with Crippen LogP contribution in [-0.2, 0) is 4.79 Å². The number of hydrogen-bond donors (Lipinski definition) is 2. The Morgan fingerprint density at radius 2 is 1.92 bits per heavy atom. The van der Waals surface area contributed by atoms with Gasteiger partial charge in [0.1, 0.15) is 17.4 Å². The summed E-state index contributed by atoms with van der Waals surface area (Å²) in [6, 6.07) is 10.2. The van der Waals surface area contributed by atoms with Crippen molar-refractivity contribution in [1.29, 1.82) is 5.26 Å². The zero-order valence-corrected chi connectivity index (χ0v) is 14.2. The maximum Gasteiger partial charge on any atom is 0.319 e. The van der Waals surface area contributed by atoms with E-state index < -0.39 is 11.9 Å². The third kappa shape index (κ3) is 3.87. The van der Waals surface area contributed by atoms with Crippen molar-refractivity contribution >= 4 is 18.0 Å². The number of carbonyl (C=O) groups excluding carboxylic acids is 2. The number of nitriles is 1. The van der Waals surface area contributed by atoms with E-state index in [1.54, 1.807) is 13.2 Å². The first-order valence-electron chi connectivity index (χ1n) is 7.43. The van der Waals surface area contributed by atoms with Gasteiger partial charge in [0.2, 0.25) is 0 Å². The number of benzene rings is 1. The predicted octanol–water partition coefficient (Wildman–Crippen LogP) is 2.20. The number of nitrogens with zero attached hydrogens (tertiary/aromatic N) is 2. The molecule has 0 saturated carbocycles. The average Bonchev–Trinajstić information content (AvgIpc) is 2.85. The van der Waals surface area contributed by atoms with Crippen LogP contribution in [0.5, 0.6) is 5.75 Å². The molecular weight excluding hydrogens is 320 g/mol. The molecule has 128 valence electrons. The Bertz CT molecular complexity index is 886. The van der Waals surface area contributed by atoms with Gasteiger partial charge in [0.15, 0.2) is 0 Å². The molecule has 0 atom stereocenters. The second kappa shape index (κ2) is 7.36. The summed E-state index contributed by atoms with van der Waals surface area (Å²) in [5.41, 5.74) is 8.12. The fraction of sp³-hybridized carbons (Fsp3) is 0.167. The second-order valence-electron chi connectivity index (χ2n) is 5.35. The monoisotopic (exact) mass is 338 g/mol. The Labute approximate surface area is 145 Å². The van der Waals surface area contributed by atoms with E-state index >= 15 is 0 Å². The second-order valence-corrected chi connectivity index (χ2v) is 5.35. The molecule has 0 fully saturated rings. The molecule has 2 rings (SSSR count). The smallest absolute Gasteiger partial charge is 0.319 e. The number of aromatic nitrogens is 1. The van der Waals surface area contributed by atoms with Gasteiger partial charge in [0.05, 0.1) is 7.11 Å². The van der Waals surface area contributed by atoms with Crippen LogP contribution in [0.1, 0.15) is 17.0 Å². The fourth-order valence-electron chi connectivity index (χ4n) is 2.55. The van der Waals surface area contributed by atoms with Gasteiger partial charge in [-0.3, -0.25) is 10.1 Å². The third-order valence-corrected chi connectivity index (χ3v) is 3.70. The summed E-state index contributed by atoms with van der Waals surface area (Å²) in [7, 11) is 1.60. The minimum Gasteiger partial charge on any atom is -0.497 e. The summed E-state index contributed by atoms with van der Waals surface area (Å²) in [4.78, 5) is 22.6. The number of amides is 3. The topological polar surface area (TPSA) is 110 Å². The molecule has 0 bridgehead atoms. The highest BCUT2D eigenvalue weighted by Crippen LogP contribution is 2.24. The molecule has 0 spiro atoms. The predicted molar refractivity (Wildman–Crippen MR) is 93.1 cm³/mol. The lowest BCUT2D eigenvalue weighted by molar-refractivity contribution is -0.115. The van der Waals surface area contributed by atoms with Gasteiger partial charge >= 0.3 is 6.03 Å². The maximum atomic E-state index is 11.8. The van der Waals surface area contributed by atoms with Crippen molar-refractivity contribution in [1.82, 2.24) is 9.88 Å². The van der Waals surface area contributed by atoms with Gasteiger partial charge in [-0.1, -0.05) is 0 Å². The SMILES string of the molecule is COc1ccc(-n2c(C)cc(/C=C(/C#N)C(=O)NC(N)=O)c2C)cc1. The standard InChI is InChI=1S/C18H18N4O3/c1-11-8-13(9-14(10-19)17(23)21-18(20)24)12(2)22(11)15-4-6-16(25-3)7-5-15/h4-9H,1-3H3,(H3,20,21,23,24)/b14-9-. The molecule has 1 heterocycles. The first-order chi connectivity index (χ1) is 11.9. The Kier molecular flexibility index (Phi) is 5.25. The summed E-state index contributed by atoms with van der Waals surface area (Å²) in [6.45, 7) is 3.80. The largest absolute Gasteiger partial charge is 0.497 e. The highest BCUT2D eigenvalue weighted by Gasteiger charge is 2.14. The normalized spacial score (nSPS) is 10.9. The van der Waals surface area contributed by atoms with Gasteiger partial charge in [0.25, 0.3) is 5.91 Å². The minimum atomic E-state index is -1.00. The summed E-state index contributed by atoms with van der Waals surface area (Å²) in [5.74, 6) is -0.0783. The van der Waals surface area contributed by atoms with Gasteiger partial charge < -0.3 is 15.0 Å². The molecule has 0 aliphatic carbocycles. The summed E-state index contributed by atoms with van der Waals surface area (Å²) >= 11 is 0. The number of carbonyl (C=O) groups is 2. The van der Waals surface area contributed by atoms with Crippen molar-refractivity contribution in [2.24, 2.45) is 5.73 Å². The van der Waals surface area contributed by atoms with Crippen molar-refractivity contribution in [3.05, 3.63) is 52.9 Å². The summed E-state index contributed by atoms with van der Waals surface area (Å²) in [5, 5.41) is 11.0. The molecular formula is C18H18N4O3. The van der Waals surface area contributed by atoms with E-state index in [1.165, 1.54) is 6.08 Å². The van der Waals surface area contributed by atoms with E-state index in [0.717, 1.165) is 22.8 Å². The number of ether oxygens (including phenoxy) is 1. The van der Waals surface area contributed by atoms with E-state index in [2.05, 4.69) is 0 Å². The van der Waals surface area contributed by atoms with Crippen LogP contribution >= 0.6 is 0 Å². The van der Waals surface area contributed by atoms with Crippen LogP contribution in [0, 0.1) is 25.2 Å². The molecule has 0 unspecified atom stereocenters. The lowest BCUT2D eigenvalue weighted by atomic mass is 10.1. The Morgan fingerprint density at radius 3 is 2.44 bits per heavy atom. The number of rotatable bonds is 4. The van der Waals surface area contributed by atoms with Gasteiger partial charge in [-0.05, 0) is 55.8 Å². The zero-order valence-electron chi connectivity index (χ0n) is 14.2. The van der Waals surface area contributed by atoms with E-state index in [4.69, 9.17) is 15.7 Å². The first kappa shape index (κ1) is 17.8. The Morgan fingerprint density at radius 1 is 1.28 bits per heavy atom. The van der Waals surface area contributed by atoms with Gasteiger partial charge in [-0.25, -0.2) is 4.79 Å². The summed E-state index contributed by atoms with van der Waals surface area (Å²) in [6.07, 6.45) is 1.43. The molecule has 1 aromatic heterocycles. The molecule has 3 amide bonds. The van der Waals surface area contributed by atoms with E-state index in [1.807, 2.05) is 54.1 Å². The maximum absolute atomic E-state index is 11.8. The highest BCUT2D eigenvalue weighted by atomic mass is 16.5. The number of hydrogen-bond acceptors (Lipinski definition) is 4. The number of methoxy groups -OCH3 is 1. The van der Waals surface area contributed by atoms with Crippen LogP contribution in [0.25, 0.3) is 11.8 Å². The molecule has 7 nitrogen and oxygen atoms in total. The van der Waals surface area contributed by atoms with Crippen molar-refractivity contribution < 1.29 is 14.3 Å². The van der Waals surface area contributed by atoms with Crippen molar-refractivity contribution in [3.8, 4) is 17.5 Å². The lowest BCUT2D eigenvalue weighted by Crippen LogP contribution is -2.35. The zero-order chi connectivity index (χ0) is 18.6. The Balaban J connectivity index is 2.44. The quantitative estimate of drug-likeness (QED) is 0.657. The molecule has 1 aromatic carbocycles. The van der Waals surface area contributed by atoms with Crippen LogP contribution < -0.4 is 15.8 Å². The average molecular weight is 338 g/mol. The third-order valence-electron chi connectivity index (χ3n) is 3.70. The first-order valence-corrected chi connectivity index (χ1v) is 7.43.